The Hall–Kier alpha value is -3.23. The molecule has 1 N–H and O–H groups in total. The first-order chi connectivity index (χ1) is 16.5. The van der Waals surface area contributed by atoms with Gasteiger partial charge in [0.15, 0.2) is 4.77 Å². The lowest BCUT2D eigenvalue weighted by Crippen LogP contribution is -2.48. The van der Waals surface area contributed by atoms with Gasteiger partial charge in [-0.3, -0.25) is 14.2 Å². The van der Waals surface area contributed by atoms with E-state index in [4.69, 9.17) is 12.2 Å². The summed E-state index contributed by atoms with van der Waals surface area (Å²) in [7, 11) is 0. The van der Waals surface area contributed by atoms with Crippen molar-refractivity contribution in [2.24, 2.45) is 0 Å². The molecule has 3 aromatic carbocycles. The molecule has 0 spiro atoms. The lowest BCUT2D eigenvalue weighted by atomic mass is 10.1. The third-order valence-corrected chi connectivity index (χ3v) is 6.96. The summed E-state index contributed by atoms with van der Waals surface area (Å²) < 4.78 is 2.82. The fourth-order valence-electron chi connectivity index (χ4n) is 4.34. The quantitative estimate of drug-likeness (QED) is 0.381. The summed E-state index contributed by atoms with van der Waals surface area (Å²) in [6.07, 6.45) is 0. The number of rotatable bonds is 4. The summed E-state index contributed by atoms with van der Waals surface area (Å²) in [6, 6.07) is 23.2. The molecule has 0 unspecified atom stereocenters. The average Bonchev–Trinajstić information content (AvgIpc) is 2.86. The highest BCUT2D eigenvalue weighted by Crippen LogP contribution is 2.19. The zero-order valence-electron chi connectivity index (χ0n) is 18.4. The molecule has 1 fully saturated rings. The Bertz CT molecular complexity index is 1470. The number of aromatic amines is 1. The second-order valence-electron chi connectivity index (χ2n) is 8.33. The van der Waals surface area contributed by atoms with E-state index in [9.17, 15) is 9.59 Å². The number of hydrogen-bond acceptors (Lipinski definition) is 4. The van der Waals surface area contributed by atoms with Crippen molar-refractivity contribution in [3.05, 3.63) is 104 Å². The minimum absolute atomic E-state index is 0.0350. The molecular weight excluding hydrogens is 512 g/mol. The maximum absolute atomic E-state index is 13.2. The minimum atomic E-state index is -0.172. The van der Waals surface area contributed by atoms with E-state index >= 15 is 0 Å². The molecule has 1 saturated heterocycles. The number of nitrogens with zero attached hydrogens (tertiary/aromatic N) is 3. The number of H-pyrrole nitrogens is 1. The molecule has 1 aromatic heterocycles. The monoisotopic (exact) mass is 534 g/mol. The van der Waals surface area contributed by atoms with Crippen LogP contribution >= 0.6 is 28.1 Å². The molecule has 5 rings (SSSR count). The Labute approximate surface area is 210 Å². The Balaban J connectivity index is 1.36. The molecule has 1 aliphatic rings. The van der Waals surface area contributed by atoms with E-state index in [0.29, 0.717) is 40.9 Å². The molecule has 0 aliphatic carbocycles. The molecule has 1 amide bonds. The van der Waals surface area contributed by atoms with Gasteiger partial charge in [-0.15, -0.1) is 0 Å². The highest BCUT2D eigenvalue weighted by Gasteiger charge is 2.23. The summed E-state index contributed by atoms with van der Waals surface area (Å²) in [5.74, 6) is -0.0350. The number of fused-ring (bicyclic) bond motifs is 1. The van der Waals surface area contributed by atoms with E-state index in [1.807, 2.05) is 47.4 Å². The van der Waals surface area contributed by atoms with Gasteiger partial charge in [-0.05, 0) is 60.2 Å². The fourth-order valence-corrected chi connectivity index (χ4v) is 5.04. The number of nitrogens with one attached hydrogen (secondary N) is 1. The van der Waals surface area contributed by atoms with Gasteiger partial charge >= 0.3 is 0 Å². The van der Waals surface area contributed by atoms with Gasteiger partial charge in [-0.2, -0.15) is 0 Å². The van der Waals surface area contributed by atoms with E-state index in [1.165, 1.54) is 5.69 Å². The lowest BCUT2D eigenvalue weighted by molar-refractivity contribution is 0.0747. The standard InChI is InChI=1S/C26H23BrN4O2S/c27-20-6-4-5-18(15-20)17-31-25(33)22-10-9-19(16-23(22)28-26(31)34)24(32)30-13-11-29(12-14-30)21-7-2-1-3-8-21/h1-10,15-16H,11-14,17H2,(H,28,34). The topological polar surface area (TPSA) is 61.3 Å². The number of hydrogen-bond donors (Lipinski definition) is 1. The van der Waals surface area contributed by atoms with Crippen molar-refractivity contribution in [3.63, 3.8) is 0 Å². The minimum Gasteiger partial charge on any atom is -0.368 e. The number of carbonyl (C=O) groups is 1. The molecule has 8 heteroatoms. The summed E-state index contributed by atoms with van der Waals surface area (Å²) in [5.41, 5.74) is 3.10. The molecule has 0 saturated carbocycles. The van der Waals surface area contributed by atoms with Crippen molar-refractivity contribution in [3.8, 4) is 0 Å². The van der Waals surface area contributed by atoms with Crippen LogP contribution in [-0.4, -0.2) is 46.5 Å². The average molecular weight is 535 g/mol. The summed E-state index contributed by atoms with van der Waals surface area (Å²) >= 11 is 8.95. The molecule has 0 radical (unpaired) electrons. The Morgan fingerprint density at radius 3 is 2.44 bits per heavy atom. The van der Waals surface area contributed by atoms with Crippen molar-refractivity contribution in [1.29, 1.82) is 0 Å². The fraction of sp³-hybridized carbons (Fsp3) is 0.192. The summed E-state index contributed by atoms with van der Waals surface area (Å²) in [5, 5.41) is 0.508. The SMILES string of the molecule is O=C(c1ccc2c(=O)n(Cc3cccc(Br)c3)c(=S)[nH]c2c1)N1CCN(c2ccccc2)CC1. The van der Waals surface area contributed by atoms with Crippen LogP contribution in [0.25, 0.3) is 10.9 Å². The number of piperazine rings is 1. The number of aromatic nitrogens is 2. The van der Waals surface area contributed by atoms with Crippen molar-refractivity contribution >= 4 is 50.6 Å². The molecule has 2 heterocycles. The van der Waals surface area contributed by atoms with Gasteiger partial charge in [0, 0.05) is 41.9 Å². The zero-order valence-corrected chi connectivity index (χ0v) is 20.8. The van der Waals surface area contributed by atoms with Gasteiger partial charge in [-0.1, -0.05) is 46.3 Å². The second-order valence-corrected chi connectivity index (χ2v) is 9.63. The van der Waals surface area contributed by atoms with Gasteiger partial charge in [-0.25, -0.2) is 0 Å². The first-order valence-corrected chi connectivity index (χ1v) is 12.3. The van der Waals surface area contributed by atoms with E-state index in [1.54, 1.807) is 22.8 Å². The van der Waals surface area contributed by atoms with Crippen LogP contribution in [0.5, 0.6) is 0 Å². The Kier molecular flexibility index (Phi) is 6.34. The van der Waals surface area contributed by atoms with E-state index < -0.39 is 0 Å². The third-order valence-electron chi connectivity index (χ3n) is 6.15. The number of benzene rings is 3. The van der Waals surface area contributed by atoms with Crippen molar-refractivity contribution in [1.82, 2.24) is 14.5 Å². The molecule has 172 valence electrons. The van der Waals surface area contributed by atoms with Crippen LogP contribution in [0.15, 0.2) is 82.1 Å². The number of carbonyl (C=O) groups excluding carboxylic acids is 1. The van der Waals surface area contributed by atoms with E-state index in [0.717, 1.165) is 23.1 Å². The summed E-state index contributed by atoms with van der Waals surface area (Å²) in [4.78, 5) is 33.6. The number of amides is 1. The van der Waals surface area contributed by atoms with Crippen molar-refractivity contribution in [2.45, 2.75) is 6.54 Å². The van der Waals surface area contributed by atoms with Crippen LogP contribution in [-0.2, 0) is 6.54 Å². The van der Waals surface area contributed by atoms with Gasteiger partial charge in [0.05, 0.1) is 17.4 Å². The summed E-state index contributed by atoms with van der Waals surface area (Å²) in [6.45, 7) is 3.24. The first-order valence-electron chi connectivity index (χ1n) is 11.1. The molecule has 0 bridgehead atoms. The predicted octanol–water partition coefficient (Wildman–Crippen LogP) is 4.83. The lowest BCUT2D eigenvalue weighted by Gasteiger charge is -2.36. The van der Waals surface area contributed by atoms with Gasteiger partial charge in [0.1, 0.15) is 0 Å². The highest BCUT2D eigenvalue weighted by molar-refractivity contribution is 9.10. The molecule has 0 atom stereocenters. The normalized spacial score (nSPS) is 13.9. The molecule has 4 aromatic rings. The molecule has 34 heavy (non-hydrogen) atoms. The maximum Gasteiger partial charge on any atom is 0.262 e. The van der Waals surface area contributed by atoms with Crippen LogP contribution in [0, 0.1) is 4.77 Å². The Morgan fingerprint density at radius 2 is 1.71 bits per heavy atom. The second kappa shape index (κ2) is 9.56. The highest BCUT2D eigenvalue weighted by atomic mass is 79.9. The van der Waals surface area contributed by atoms with Crippen molar-refractivity contribution in [2.75, 3.05) is 31.1 Å². The van der Waals surface area contributed by atoms with Crippen molar-refractivity contribution < 1.29 is 4.79 Å². The van der Waals surface area contributed by atoms with Crippen LogP contribution in [0.4, 0.5) is 5.69 Å². The Morgan fingerprint density at radius 1 is 0.941 bits per heavy atom. The van der Waals surface area contributed by atoms with E-state index in [-0.39, 0.29) is 11.5 Å². The van der Waals surface area contributed by atoms with Gasteiger partial charge in [0.2, 0.25) is 0 Å². The molecule has 6 nitrogen and oxygen atoms in total. The van der Waals surface area contributed by atoms with Gasteiger partial charge in [0.25, 0.3) is 11.5 Å². The number of anilines is 1. The van der Waals surface area contributed by atoms with Gasteiger partial charge < -0.3 is 14.8 Å². The van der Waals surface area contributed by atoms with Crippen LogP contribution in [0.2, 0.25) is 0 Å². The zero-order chi connectivity index (χ0) is 23.7. The number of halogens is 1. The van der Waals surface area contributed by atoms with Crippen LogP contribution in [0.1, 0.15) is 15.9 Å². The molecular formula is C26H23BrN4O2S. The third kappa shape index (κ3) is 4.56. The largest absolute Gasteiger partial charge is 0.368 e. The molecule has 1 aliphatic heterocycles. The smallest absolute Gasteiger partial charge is 0.262 e. The first kappa shape index (κ1) is 22.6. The van der Waals surface area contributed by atoms with Crippen LogP contribution < -0.4 is 10.5 Å². The predicted molar refractivity (Wildman–Crippen MR) is 141 cm³/mol. The van der Waals surface area contributed by atoms with E-state index in [2.05, 4.69) is 37.9 Å². The number of para-hydroxylation sites is 1. The maximum atomic E-state index is 13.2. The van der Waals surface area contributed by atoms with Crippen LogP contribution in [0.3, 0.4) is 0 Å².